The van der Waals surface area contributed by atoms with Gasteiger partial charge in [-0.25, -0.2) is 4.79 Å². The number of hydrogen-bond donors (Lipinski definition) is 0. The van der Waals surface area contributed by atoms with Crippen molar-refractivity contribution in [1.29, 1.82) is 0 Å². The van der Waals surface area contributed by atoms with Crippen LogP contribution >= 0.6 is 11.8 Å². The van der Waals surface area contributed by atoms with Crippen molar-refractivity contribution >= 4 is 17.7 Å². The number of carbonyl (C=O) groups is 1. The van der Waals surface area contributed by atoms with Crippen LogP contribution in [0.25, 0.3) is 11.4 Å². The maximum atomic E-state index is 11.6. The predicted octanol–water partition coefficient (Wildman–Crippen LogP) is 3.77. The summed E-state index contributed by atoms with van der Waals surface area (Å²) in [5.74, 6) is 2.23. The molecule has 3 aromatic rings. The number of nitrogens with zero attached hydrogens (tertiary/aromatic N) is 3. The molecule has 0 atom stereocenters. The number of hydrogen-bond acceptors (Lipinski definition) is 6. The van der Waals surface area contributed by atoms with Crippen LogP contribution in [-0.2, 0) is 17.5 Å². The third-order valence-corrected chi connectivity index (χ3v) is 4.87. The average molecular weight is 357 g/mol. The molecule has 2 aromatic heterocycles. The average Bonchev–Trinajstić information content (AvgIpc) is 3.15. The minimum absolute atomic E-state index is 0.391. The van der Waals surface area contributed by atoms with E-state index in [2.05, 4.69) is 16.3 Å². The second-order valence-electron chi connectivity index (χ2n) is 5.70. The molecule has 0 aliphatic carbocycles. The molecule has 130 valence electrons. The Morgan fingerprint density at radius 1 is 1.28 bits per heavy atom. The number of methoxy groups -OCH3 is 1. The Bertz CT molecular complexity index is 914. The topological polar surface area (TPSA) is 70.2 Å². The van der Waals surface area contributed by atoms with Crippen LogP contribution < -0.4 is 0 Å². The highest BCUT2D eigenvalue weighted by Gasteiger charge is 2.17. The Balaban J connectivity index is 1.76. The molecule has 0 saturated heterocycles. The molecule has 0 amide bonds. The van der Waals surface area contributed by atoms with Gasteiger partial charge in [-0.1, -0.05) is 35.5 Å². The summed E-state index contributed by atoms with van der Waals surface area (Å²) in [6, 6.07) is 9.87. The van der Waals surface area contributed by atoms with Gasteiger partial charge < -0.3 is 13.7 Å². The number of furan rings is 1. The minimum Gasteiger partial charge on any atom is -0.465 e. The number of ether oxygens (including phenoxy) is 1. The van der Waals surface area contributed by atoms with E-state index in [0.29, 0.717) is 22.8 Å². The van der Waals surface area contributed by atoms with Crippen LogP contribution in [-0.4, -0.2) is 27.8 Å². The van der Waals surface area contributed by atoms with Crippen molar-refractivity contribution in [3.63, 3.8) is 0 Å². The number of aryl methyl sites for hydroxylation is 2. The number of benzene rings is 1. The lowest BCUT2D eigenvalue weighted by molar-refractivity contribution is 0.0599. The van der Waals surface area contributed by atoms with Crippen LogP contribution in [0.3, 0.4) is 0 Å². The normalized spacial score (nSPS) is 10.9. The fourth-order valence-electron chi connectivity index (χ4n) is 2.54. The highest BCUT2D eigenvalue weighted by atomic mass is 32.2. The van der Waals surface area contributed by atoms with Gasteiger partial charge in [0.15, 0.2) is 11.0 Å². The summed E-state index contributed by atoms with van der Waals surface area (Å²) in [7, 11) is 3.29. The Morgan fingerprint density at radius 3 is 2.80 bits per heavy atom. The first-order valence-corrected chi connectivity index (χ1v) is 8.75. The summed E-state index contributed by atoms with van der Waals surface area (Å²) in [6.45, 7) is 3.80. The zero-order valence-electron chi connectivity index (χ0n) is 14.6. The summed E-state index contributed by atoms with van der Waals surface area (Å²) >= 11 is 1.50. The zero-order valence-corrected chi connectivity index (χ0v) is 15.4. The lowest BCUT2D eigenvalue weighted by Gasteiger charge is -2.04. The molecule has 6 nitrogen and oxygen atoms in total. The van der Waals surface area contributed by atoms with Crippen LogP contribution in [0.1, 0.15) is 27.4 Å². The van der Waals surface area contributed by atoms with Crippen LogP contribution in [0.5, 0.6) is 0 Å². The molecular formula is C18H19N3O3S. The van der Waals surface area contributed by atoms with Gasteiger partial charge in [0.05, 0.1) is 12.9 Å². The van der Waals surface area contributed by atoms with E-state index in [-0.39, 0.29) is 0 Å². The molecule has 3 rings (SSSR count). The molecule has 0 saturated carbocycles. The summed E-state index contributed by atoms with van der Waals surface area (Å²) in [5, 5.41) is 9.33. The van der Waals surface area contributed by atoms with Gasteiger partial charge in [0.25, 0.3) is 0 Å². The molecule has 25 heavy (non-hydrogen) atoms. The number of esters is 1. The van der Waals surface area contributed by atoms with Gasteiger partial charge in [-0.05, 0) is 26.0 Å². The first-order valence-electron chi connectivity index (χ1n) is 7.76. The third kappa shape index (κ3) is 3.61. The van der Waals surface area contributed by atoms with Crippen LogP contribution in [0.2, 0.25) is 0 Å². The fraction of sp³-hybridized carbons (Fsp3) is 0.278. The van der Waals surface area contributed by atoms with E-state index in [4.69, 9.17) is 9.15 Å². The molecule has 0 unspecified atom stereocenters. The number of carbonyl (C=O) groups excluding carboxylic acids is 1. The van der Waals surface area contributed by atoms with Gasteiger partial charge in [0.2, 0.25) is 0 Å². The first-order chi connectivity index (χ1) is 12.0. The van der Waals surface area contributed by atoms with Crippen LogP contribution in [0.15, 0.2) is 39.9 Å². The highest BCUT2D eigenvalue weighted by Crippen LogP contribution is 2.27. The van der Waals surface area contributed by atoms with Gasteiger partial charge in [-0.15, -0.1) is 10.2 Å². The minimum atomic E-state index is -0.391. The summed E-state index contributed by atoms with van der Waals surface area (Å²) in [4.78, 5) is 11.6. The van der Waals surface area contributed by atoms with Crippen molar-refractivity contribution in [2.45, 2.75) is 24.8 Å². The van der Waals surface area contributed by atoms with Gasteiger partial charge in [-0.3, -0.25) is 0 Å². The van der Waals surface area contributed by atoms with Crippen molar-refractivity contribution < 1.29 is 13.9 Å². The Labute approximate surface area is 150 Å². The van der Waals surface area contributed by atoms with Crippen LogP contribution in [0, 0.1) is 13.8 Å². The van der Waals surface area contributed by atoms with E-state index in [1.807, 2.05) is 36.7 Å². The van der Waals surface area contributed by atoms with Crippen molar-refractivity contribution in [2.75, 3.05) is 7.11 Å². The number of aromatic nitrogens is 3. The quantitative estimate of drug-likeness (QED) is 0.511. The van der Waals surface area contributed by atoms with Gasteiger partial charge >= 0.3 is 5.97 Å². The van der Waals surface area contributed by atoms with Gasteiger partial charge in [0, 0.05) is 12.6 Å². The molecule has 0 fully saturated rings. The van der Waals surface area contributed by atoms with E-state index in [9.17, 15) is 4.79 Å². The number of thioether (sulfide) groups is 1. The van der Waals surface area contributed by atoms with Crippen molar-refractivity contribution in [3.8, 4) is 11.4 Å². The maximum Gasteiger partial charge on any atom is 0.341 e. The summed E-state index contributed by atoms with van der Waals surface area (Å²) in [5.41, 5.74) is 2.66. The molecule has 0 aliphatic rings. The Hall–Kier alpha value is -2.54. The van der Waals surface area contributed by atoms with E-state index < -0.39 is 5.97 Å². The Kier molecular flexibility index (Phi) is 4.94. The van der Waals surface area contributed by atoms with E-state index >= 15 is 0 Å². The van der Waals surface area contributed by atoms with Crippen molar-refractivity contribution in [2.24, 2.45) is 7.05 Å². The predicted molar refractivity (Wildman–Crippen MR) is 95.5 cm³/mol. The standard InChI is InChI=1S/C18H19N3O3S/c1-11-6-5-7-13(8-11)16-19-20-18(21(16)3)25-10-14-9-15(12(2)24-14)17(22)23-4/h5-9H,10H2,1-4H3. The smallest absolute Gasteiger partial charge is 0.341 e. The van der Waals surface area contributed by atoms with Crippen LogP contribution in [0.4, 0.5) is 0 Å². The van der Waals surface area contributed by atoms with Gasteiger partial charge in [-0.2, -0.15) is 0 Å². The monoisotopic (exact) mass is 357 g/mol. The molecule has 2 heterocycles. The molecule has 0 N–H and O–H groups in total. The van der Waals surface area contributed by atoms with Crippen molar-refractivity contribution in [3.05, 3.63) is 53.0 Å². The highest BCUT2D eigenvalue weighted by molar-refractivity contribution is 7.98. The molecule has 7 heteroatoms. The molecule has 1 aromatic carbocycles. The van der Waals surface area contributed by atoms with E-state index in [1.54, 1.807) is 13.0 Å². The lowest BCUT2D eigenvalue weighted by Crippen LogP contribution is -2.00. The van der Waals surface area contributed by atoms with E-state index in [0.717, 1.165) is 16.5 Å². The second kappa shape index (κ2) is 7.14. The third-order valence-electron chi connectivity index (χ3n) is 3.83. The lowest BCUT2D eigenvalue weighted by atomic mass is 10.1. The van der Waals surface area contributed by atoms with E-state index in [1.165, 1.54) is 24.4 Å². The van der Waals surface area contributed by atoms with Gasteiger partial charge in [0.1, 0.15) is 17.1 Å². The molecular weight excluding hydrogens is 338 g/mol. The summed E-state index contributed by atoms with van der Waals surface area (Å²) < 4.78 is 12.3. The Morgan fingerprint density at radius 2 is 2.08 bits per heavy atom. The SMILES string of the molecule is COC(=O)c1cc(CSc2nnc(-c3cccc(C)c3)n2C)oc1C. The first kappa shape index (κ1) is 17.3. The molecule has 0 bridgehead atoms. The number of rotatable bonds is 5. The summed E-state index contributed by atoms with van der Waals surface area (Å²) in [6.07, 6.45) is 0. The second-order valence-corrected chi connectivity index (χ2v) is 6.64. The molecule has 0 spiro atoms. The largest absolute Gasteiger partial charge is 0.465 e. The maximum absolute atomic E-state index is 11.6. The van der Waals surface area contributed by atoms with Crippen molar-refractivity contribution in [1.82, 2.24) is 14.8 Å². The zero-order chi connectivity index (χ0) is 18.0. The molecule has 0 aliphatic heterocycles. The molecule has 0 radical (unpaired) electrons. The fourth-order valence-corrected chi connectivity index (χ4v) is 3.33.